The van der Waals surface area contributed by atoms with Gasteiger partial charge >= 0.3 is 0 Å². The molecule has 6 heteroatoms. The number of nitrogens with zero attached hydrogens (tertiary/aromatic N) is 2. The van der Waals surface area contributed by atoms with Crippen LogP contribution in [0.25, 0.3) is 10.8 Å². The number of hydrogen-bond acceptors (Lipinski definition) is 4. The number of ether oxygens (including phenoxy) is 2. The van der Waals surface area contributed by atoms with Crippen molar-refractivity contribution in [3.63, 3.8) is 0 Å². The zero-order chi connectivity index (χ0) is 20.4. The van der Waals surface area contributed by atoms with Crippen LogP contribution in [-0.2, 0) is 9.53 Å². The summed E-state index contributed by atoms with van der Waals surface area (Å²) in [6, 6.07) is 11.5. The summed E-state index contributed by atoms with van der Waals surface area (Å²) in [5, 5.41) is 1.81. The molecule has 2 amide bonds. The molecule has 0 radical (unpaired) electrons. The Bertz CT molecular complexity index is 913. The van der Waals surface area contributed by atoms with Crippen LogP contribution in [0.15, 0.2) is 36.4 Å². The third kappa shape index (κ3) is 3.94. The van der Waals surface area contributed by atoms with Crippen molar-refractivity contribution in [2.75, 3.05) is 39.9 Å². The minimum atomic E-state index is -0.137. The fraction of sp³-hybridized carbons (Fsp3) is 0.478. The molecule has 0 N–H and O–H groups in total. The van der Waals surface area contributed by atoms with E-state index in [-0.39, 0.29) is 23.8 Å². The summed E-state index contributed by atoms with van der Waals surface area (Å²) in [5.74, 6) is 0.752. The van der Waals surface area contributed by atoms with E-state index in [9.17, 15) is 9.59 Å². The Morgan fingerprint density at radius 3 is 2.59 bits per heavy atom. The van der Waals surface area contributed by atoms with Crippen molar-refractivity contribution in [3.8, 4) is 5.75 Å². The Kier molecular flexibility index (Phi) is 5.72. The van der Waals surface area contributed by atoms with Crippen molar-refractivity contribution in [1.82, 2.24) is 9.80 Å². The number of carbonyl (C=O) groups excluding carboxylic acids is 2. The first-order chi connectivity index (χ1) is 14.1. The number of morpholine rings is 1. The molecule has 2 heterocycles. The summed E-state index contributed by atoms with van der Waals surface area (Å²) >= 11 is 0. The lowest BCUT2D eigenvalue weighted by Crippen LogP contribution is -2.51. The van der Waals surface area contributed by atoms with E-state index in [1.165, 1.54) is 0 Å². The Morgan fingerprint density at radius 2 is 1.83 bits per heavy atom. The van der Waals surface area contributed by atoms with Crippen molar-refractivity contribution >= 4 is 22.6 Å². The van der Waals surface area contributed by atoms with E-state index in [1.807, 2.05) is 53.1 Å². The average molecular weight is 396 g/mol. The van der Waals surface area contributed by atoms with Gasteiger partial charge in [0.25, 0.3) is 5.91 Å². The molecule has 29 heavy (non-hydrogen) atoms. The Morgan fingerprint density at radius 1 is 1.03 bits per heavy atom. The molecule has 2 atom stereocenters. The van der Waals surface area contributed by atoms with E-state index >= 15 is 0 Å². The fourth-order valence-corrected chi connectivity index (χ4v) is 4.45. The Balaban J connectivity index is 1.54. The van der Waals surface area contributed by atoms with E-state index in [0.29, 0.717) is 38.3 Å². The molecular formula is C23H28N2O4. The lowest BCUT2D eigenvalue weighted by Gasteiger charge is -2.37. The first kappa shape index (κ1) is 19.7. The predicted molar refractivity (Wildman–Crippen MR) is 111 cm³/mol. The van der Waals surface area contributed by atoms with Gasteiger partial charge in [-0.2, -0.15) is 0 Å². The van der Waals surface area contributed by atoms with Crippen molar-refractivity contribution in [2.24, 2.45) is 5.92 Å². The number of rotatable bonds is 3. The first-order valence-corrected chi connectivity index (χ1v) is 10.3. The maximum atomic E-state index is 13.4. The molecule has 2 aliphatic rings. The van der Waals surface area contributed by atoms with E-state index in [4.69, 9.17) is 9.47 Å². The van der Waals surface area contributed by atoms with Gasteiger partial charge in [0.05, 0.1) is 25.7 Å². The molecular weight excluding hydrogens is 368 g/mol. The SMILES string of the molecule is COc1ccc(C(=O)N2CCC[C@H](C(=O)N3CCO[C@@H](C)C3)C2)c2ccccc12. The highest BCUT2D eigenvalue weighted by molar-refractivity contribution is 6.08. The minimum Gasteiger partial charge on any atom is -0.496 e. The normalized spacial score (nSPS) is 22.6. The highest BCUT2D eigenvalue weighted by atomic mass is 16.5. The van der Waals surface area contributed by atoms with Gasteiger partial charge in [0.1, 0.15) is 5.75 Å². The van der Waals surface area contributed by atoms with Gasteiger partial charge in [-0.25, -0.2) is 0 Å². The highest BCUT2D eigenvalue weighted by Gasteiger charge is 2.33. The van der Waals surface area contributed by atoms with Gasteiger partial charge in [-0.15, -0.1) is 0 Å². The largest absolute Gasteiger partial charge is 0.496 e. The minimum absolute atomic E-state index is 0.0169. The van der Waals surface area contributed by atoms with Crippen LogP contribution >= 0.6 is 0 Å². The van der Waals surface area contributed by atoms with Gasteiger partial charge in [-0.1, -0.05) is 24.3 Å². The molecule has 0 unspecified atom stereocenters. The fourth-order valence-electron chi connectivity index (χ4n) is 4.45. The van der Waals surface area contributed by atoms with Crippen molar-refractivity contribution in [1.29, 1.82) is 0 Å². The summed E-state index contributed by atoms with van der Waals surface area (Å²) in [5.41, 5.74) is 0.662. The maximum absolute atomic E-state index is 13.4. The number of piperidine rings is 1. The second-order valence-electron chi connectivity index (χ2n) is 7.92. The van der Waals surface area contributed by atoms with Crippen molar-refractivity contribution in [3.05, 3.63) is 42.0 Å². The molecule has 2 aromatic rings. The highest BCUT2D eigenvalue weighted by Crippen LogP contribution is 2.30. The standard InChI is InChI=1S/C23H28N2O4/c1-16-14-25(12-13-29-16)22(26)17-6-5-11-24(15-17)23(27)20-9-10-21(28-2)19-8-4-3-7-18(19)20/h3-4,7-10,16-17H,5-6,11-15H2,1-2H3/t16-,17-/m0/s1. The van der Waals surface area contributed by atoms with E-state index in [0.717, 1.165) is 29.4 Å². The molecule has 2 saturated heterocycles. The molecule has 2 aromatic carbocycles. The zero-order valence-corrected chi connectivity index (χ0v) is 17.1. The smallest absolute Gasteiger partial charge is 0.254 e. The molecule has 0 aliphatic carbocycles. The summed E-state index contributed by atoms with van der Waals surface area (Å²) in [4.78, 5) is 30.1. The zero-order valence-electron chi connectivity index (χ0n) is 17.1. The summed E-state index contributed by atoms with van der Waals surface area (Å²) in [6.45, 7) is 5.00. The summed E-state index contributed by atoms with van der Waals surface area (Å²) < 4.78 is 11.0. The van der Waals surface area contributed by atoms with Gasteiger partial charge < -0.3 is 19.3 Å². The number of likely N-dealkylation sites (tertiary alicyclic amines) is 1. The van der Waals surface area contributed by atoms with Crippen LogP contribution in [0.3, 0.4) is 0 Å². The second kappa shape index (κ2) is 8.41. The second-order valence-corrected chi connectivity index (χ2v) is 7.92. The number of carbonyl (C=O) groups is 2. The maximum Gasteiger partial charge on any atom is 0.254 e. The van der Waals surface area contributed by atoms with Gasteiger partial charge in [-0.3, -0.25) is 9.59 Å². The predicted octanol–water partition coefficient (Wildman–Crippen LogP) is 2.95. The Labute approximate surface area is 171 Å². The van der Waals surface area contributed by atoms with Crippen LogP contribution in [0, 0.1) is 5.92 Å². The molecule has 6 nitrogen and oxygen atoms in total. The molecule has 0 spiro atoms. The Hall–Kier alpha value is -2.60. The monoisotopic (exact) mass is 396 g/mol. The number of methoxy groups -OCH3 is 1. The molecule has 0 bridgehead atoms. The van der Waals surface area contributed by atoms with Crippen LogP contribution in [0.2, 0.25) is 0 Å². The van der Waals surface area contributed by atoms with Crippen LogP contribution in [0.1, 0.15) is 30.1 Å². The number of benzene rings is 2. The molecule has 2 fully saturated rings. The van der Waals surface area contributed by atoms with E-state index in [2.05, 4.69) is 0 Å². The number of amides is 2. The lowest BCUT2D eigenvalue weighted by molar-refractivity contribution is -0.143. The van der Waals surface area contributed by atoms with Crippen LogP contribution in [-0.4, -0.2) is 67.6 Å². The van der Waals surface area contributed by atoms with Crippen LogP contribution in [0.5, 0.6) is 5.75 Å². The van der Waals surface area contributed by atoms with Gasteiger partial charge in [0.2, 0.25) is 5.91 Å². The molecule has 2 aliphatic heterocycles. The summed E-state index contributed by atoms with van der Waals surface area (Å²) in [7, 11) is 1.64. The van der Waals surface area contributed by atoms with Crippen molar-refractivity contribution < 1.29 is 19.1 Å². The van der Waals surface area contributed by atoms with Gasteiger partial charge in [0.15, 0.2) is 0 Å². The first-order valence-electron chi connectivity index (χ1n) is 10.3. The molecule has 0 aromatic heterocycles. The number of fused-ring (bicyclic) bond motifs is 1. The van der Waals surface area contributed by atoms with Crippen LogP contribution in [0.4, 0.5) is 0 Å². The van der Waals surface area contributed by atoms with Crippen LogP contribution < -0.4 is 4.74 Å². The van der Waals surface area contributed by atoms with Crippen molar-refractivity contribution in [2.45, 2.75) is 25.9 Å². The third-order valence-corrected chi connectivity index (χ3v) is 5.94. The topological polar surface area (TPSA) is 59.1 Å². The lowest BCUT2D eigenvalue weighted by atomic mass is 9.94. The molecule has 0 saturated carbocycles. The molecule has 154 valence electrons. The average Bonchev–Trinajstić information content (AvgIpc) is 2.77. The third-order valence-electron chi connectivity index (χ3n) is 5.94. The quantitative estimate of drug-likeness (QED) is 0.800. The van der Waals surface area contributed by atoms with Gasteiger partial charge in [0, 0.05) is 37.1 Å². The molecule has 4 rings (SSSR count). The number of hydrogen-bond donors (Lipinski definition) is 0. The van der Waals surface area contributed by atoms with E-state index < -0.39 is 0 Å². The van der Waals surface area contributed by atoms with Gasteiger partial charge in [-0.05, 0) is 37.3 Å². The summed E-state index contributed by atoms with van der Waals surface area (Å²) in [6.07, 6.45) is 1.74. The van der Waals surface area contributed by atoms with E-state index in [1.54, 1.807) is 7.11 Å².